The Labute approximate surface area is 179 Å². The number of fused-ring (bicyclic) bond motifs is 1. The smallest absolute Gasteiger partial charge is 0.273 e. The van der Waals surface area contributed by atoms with Gasteiger partial charge in [-0.2, -0.15) is 9.78 Å². The van der Waals surface area contributed by atoms with E-state index in [0.29, 0.717) is 28.7 Å². The summed E-state index contributed by atoms with van der Waals surface area (Å²) in [5.41, 5.74) is 2.32. The zero-order valence-electron chi connectivity index (χ0n) is 17.7. The summed E-state index contributed by atoms with van der Waals surface area (Å²) in [6.07, 6.45) is 4.67. The molecule has 0 spiro atoms. The highest BCUT2D eigenvalue weighted by Crippen LogP contribution is 2.25. The molecule has 0 radical (unpaired) electrons. The normalized spacial score (nSPS) is 13.8. The van der Waals surface area contributed by atoms with E-state index >= 15 is 0 Å². The van der Waals surface area contributed by atoms with Crippen LogP contribution in [0.2, 0.25) is 0 Å². The van der Waals surface area contributed by atoms with Crippen molar-refractivity contribution in [2.75, 3.05) is 25.0 Å². The molecule has 4 heterocycles. The molecule has 0 atom stereocenters. The Bertz CT molecular complexity index is 1180. The molecular weight excluding hydrogens is 396 g/mol. The van der Waals surface area contributed by atoms with Crippen molar-refractivity contribution in [1.29, 1.82) is 0 Å². The van der Waals surface area contributed by atoms with Crippen LogP contribution in [0, 0.1) is 6.92 Å². The van der Waals surface area contributed by atoms with Crippen molar-refractivity contribution < 1.29 is 4.79 Å². The van der Waals surface area contributed by atoms with Gasteiger partial charge in [-0.3, -0.25) is 9.78 Å². The third kappa shape index (κ3) is 3.65. The lowest BCUT2D eigenvalue weighted by molar-refractivity contribution is -0.114. The fourth-order valence-electron chi connectivity index (χ4n) is 3.23. The monoisotopic (exact) mass is 418 g/mol. The van der Waals surface area contributed by atoms with Crippen LogP contribution in [0.4, 0.5) is 11.5 Å². The topological polar surface area (TPSA) is 126 Å². The highest BCUT2D eigenvalue weighted by Gasteiger charge is 2.33. The van der Waals surface area contributed by atoms with Crippen molar-refractivity contribution in [1.82, 2.24) is 35.1 Å². The average Bonchev–Trinajstić information content (AvgIpc) is 3.36. The molecule has 4 rings (SSSR count). The largest absolute Gasteiger partial charge is 0.357 e. The molecule has 11 heteroatoms. The molecule has 1 amide bonds. The van der Waals surface area contributed by atoms with Crippen molar-refractivity contribution in [3.8, 4) is 11.5 Å². The number of carbonyl (C=O) groups is 1. The number of pyridine rings is 1. The first kappa shape index (κ1) is 20.3. The number of rotatable bonds is 6. The molecule has 0 fully saturated rings. The molecule has 1 N–H and O–H groups in total. The third-order valence-corrected chi connectivity index (χ3v) is 4.87. The fraction of sp³-hybridized carbons (Fsp3) is 0.300. The Hall–Kier alpha value is -4.02. The summed E-state index contributed by atoms with van der Waals surface area (Å²) >= 11 is 0. The molecule has 1 aliphatic heterocycles. The van der Waals surface area contributed by atoms with Gasteiger partial charge < -0.3 is 10.2 Å². The van der Waals surface area contributed by atoms with E-state index in [1.807, 2.05) is 19.1 Å². The van der Waals surface area contributed by atoms with Crippen LogP contribution in [0.1, 0.15) is 25.4 Å². The van der Waals surface area contributed by atoms with E-state index in [1.54, 1.807) is 18.6 Å². The van der Waals surface area contributed by atoms with E-state index in [4.69, 9.17) is 4.99 Å². The summed E-state index contributed by atoms with van der Waals surface area (Å²) in [4.78, 5) is 32.3. The second-order valence-corrected chi connectivity index (χ2v) is 6.68. The van der Waals surface area contributed by atoms with E-state index in [2.05, 4.69) is 54.3 Å². The molecule has 0 bridgehead atoms. The number of anilines is 1. The molecule has 0 aliphatic carbocycles. The van der Waals surface area contributed by atoms with Crippen LogP contribution in [0.5, 0.6) is 0 Å². The van der Waals surface area contributed by atoms with Gasteiger partial charge in [0.2, 0.25) is 11.6 Å². The van der Waals surface area contributed by atoms with Gasteiger partial charge in [0.15, 0.2) is 5.71 Å². The number of nitrogens with one attached hydrogen (secondary N) is 1. The summed E-state index contributed by atoms with van der Waals surface area (Å²) in [6.45, 7) is 7.77. The van der Waals surface area contributed by atoms with Crippen molar-refractivity contribution in [3.63, 3.8) is 0 Å². The zero-order chi connectivity index (χ0) is 22.0. The number of hydrogen-bond acceptors (Lipinski definition) is 9. The number of hydrogen-bond donors (Lipinski definition) is 1. The number of aliphatic imine (C=N–C) groups is 1. The van der Waals surface area contributed by atoms with Gasteiger partial charge in [-0.15, -0.1) is 10.2 Å². The minimum atomic E-state index is -0.375. The highest BCUT2D eigenvalue weighted by molar-refractivity contribution is 6.70. The third-order valence-electron chi connectivity index (χ3n) is 4.87. The van der Waals surface area contributed by atoms with Gasteiger partial charge in [0.05, 0.1) is 17.6 Å². The number of carbonyl (C=O) groups excluding carboxylic acids is 1. The van der Waals surface area contributed by atoms with Gasteiger partial charge in [-0.1, -0.05) is 0 Å². The molecule has 3 aromatic heterocycles. The summed E-state index contributed by atoms with van der Waals surface area (Å²) in [5.74, 6) is 1.23. The first-order valence-electron chi connectivity index (χ1n) is 9.92. The Kier molecular flexibility index (Phi) is 5.48. The molecule has 31 heavy (non-hydrogen) atoms. The van der Waals surface area contributed by atoms with Gasteiger partial charge in [0.1, 0.15) is 17.2 Å². The Morgan fingerprint density at radius 2 is 1.94 bits per heavy atom. The van der Waals surface area contributed by atoms with Crippen LogP contribution in [-0.4, -0.2) is 67.3 Å². The van der Waals surface area contributed by atoms with Gasteiger partial charge in [-0.25, -0.2) is 15.0 Å². The highest BCUT2D eigenvalue weighted by atomic mass is 16.2. The minimum absolute atomic E-state index is 0.143. The molecular formula is C20H22N10O. The lowest BCUT2D eigenvalue weighted by atomic mass is 10.2. The Balaban J connectivity index is 1.80. The van der Waals surface area contributed by atoms with Crippen LogP contribution in [0.25, 0.3) is 11.5 Å². The first-order chi connectivity index (χ1) is 15.1. The number of aromatic nitrogens is 6. The van der Waals surface area contributed by atoms with Crippen molar-refractivity contribution >= 4 is 28.8 Å². The first-order valence-corrected chi connectivity index (χ1v) is 9.92. The summed E-state index contributed by atoms with van der Waals surface area (Å²) in [6, 6.07) is 3.80. The summed E-state index contributed by atoms with van der Waals surface area (Å²) in [5, 5.41) is 15.4. The van der Waals surface area contributed by atoms with Gasteiger partial charge in [-0.05, 0) is 32.9 Å². The van der Waals surface area contributed by atoms with Crippen LogP contribution in [0.15, 0.2) is 40.8 Å². The summed E-state index contributed by atoms with van der Waals surface area (Å²) < 4.78 is 1.46. The van der Waals surface area contributed by atoms with Crippen molar-refractivity contribution in [2.45, 2.75) is 20.8 Å². The van der Waals surface area contributed by atoms with Crippen LogP contribution in [-0.2, 0) is 4.79 Å². The number of amides is 1. The van der Waals surface area contributed by atoms with Crippen LogP contribution >= 0.6 is 0 Å². The fourth-order valence-corrected chi connectivity index (χ4v) is 3.23. The number of nitrogens with zero attached hydrogens (tertiary/aromatic N) is 9. The molecule has 1 aliphatic rings. The van der Waals surface area contributed by atoms with Crippen molar-refractivity contribution in [3.05, 3.63) is 42.2 Å². The maximum absolute atomic E-state index is 12.5. The average molecular weight is 418 g/mol. The van der Waals surface area contributed by atoms with Gasteiger partial charge in [0.25, 0.3) is 5.91 Å². The predicted octanol–water partition coefficient (Wildman–Crippen LogP) is 1.37. The molecule has 158 valence electrons. The van der Waals surface area contributed by atoms with Gasteiger partial charge >= 0.3 is 0 Å². The minimum Gasteiger partial charge on any atom is -0.357 e. The second-order valence-electron chi connectivity index (χ2n) is 6.68. The van der Waals surface area contributed by atoms with E-state index < -0.39 is 0 Å². The maximum atomic E-state index is 12.5. The SMILES string of the molecule is CCN(CC)c1ccc(/N=C2/C(C(=O)NC)=Nn3c2nnc3-c2cnccn2)c(C)n1. The molecule has 0 aromatic carbocycles. The molecule has 0 saturated heterocycles. The van der Waals surface area contributed by atoms with Gasteiger partial charge in [0, 0.05) is 32.5 Å². The molecule has 0 unspecified atom stereocenters. The second kappa shape index (κ2) is 8.38. The quantitative estimate of drug-likeness (QED) is 0.640. The maximum Gasteiger partial charge on any atom is 0.273 e. The lowest BCUT2D eigenvalue weighted by Gasteiger charge is -2.20. The van der Waals surface area contributed by atoms with E-state index in [1.165, 1.54) is 11.7 Å². The lowest BCUT2D eigenvalue weighted by Crippen LogP contribution is -2.32. The number of aryl methyl sites for hydroxylation is 1. The zero-order valence-corrected chi connectivity index (χ0v) is 17.7. The van der Waals surface area contributed by atoms with E-state index in [9.17, 15) is 4.79 Å². The van der Waals surface area contributed by atoms with E-state index in [0.717, 1.165) is 24.6 Å². The Morgan fingerprint density at radius 1 is 1.16 bits per heavy atom. The van der Waals surface area contributed by atoms with Crippen LogP contribution < -0.4 is 10.2 Å². The molecule has 11 nitrogen and oxygen atoms in total. The van der Waals surface area contributed by atoms with Crippen molar-refractivity contribution in [2.24, 2.45) is 10.1 Å². The van der Waals surface area contributed by atoms with E-state index in [-0.39, 0.29) is 11.6 Å². The summed E-state index contributed by atoms with van der Waals surface area (Å²) in [7, 11) is 1.54. The Morgan fingerprint density at radius 3 is 2.58 bits per heavy atom. The standard InChI is InChI=1S/C20H22N10O/c1-5-29(6-2)15-8-7-13(12(3)24-15)25-16-17(20(31)21-4)28-30-18(26-27-19(16)30)14-11-22-9-10-23-14/h7-11H,5-6H2,1-4H3,(H,21,31)/b25-16-. The predicted molar refractivity (Wildman–Crippen MR) is 117 cm³/mol. The van der Waals surface area contributed by atoms with Crippen LogP contribution in [0.3, 0.4) is 0 Å². The molecule has 3 aromatic rings. The molecule has 0 saturated carbocycles.